The highest BCUT2D eigenvalue weighted by Crippen LogP contribution is 2.19. The van der Waals surface area contributed by atoms with Crippen molar-refractivity contribution in [3.8, 4) is 0 Å². The molecule has 0 aliphatic rings. The number of carbonyl (C=O) groups is 2. The van der Waals surface area contributed by atoms with Crippen LogP contribution in [0, 0.1) is 0 Å². The molecule has 0 saturated carbocycles. The van der Waals surface area contributed by atoms with Crippen LogP contribution in [0.5, 0.6) is 0 Å². The highest BCUT2D eigenvalue weighted by molar-refractivity contribution is 9.10. The lowest BCUT2D eigenvalue weighted by atomic mass is 10.1. The van der Waals surface area contributed by atoms with Crippen LogP contribution in [0.1, 0.15) is 25.5 Å². The molecule has 0 aromatic heterocycles. The summed E-state index contributed by atoms with van der Waals surface area (Å²) in [6.45, 7) is 3.37. The molecule has 2 amide bonds. The summed E-state index contributed by atoms with van der Waals surface area (Å²) in [5, 5.41) is 2.92. The smallest absolute Gasteiger partial charge is 0.240 e. The molecular formula is C18H19BrN2O2. The Labute approximate surface area is 144 Å². The SMILES string of the molecule is CC(=O)N(CC(=O)NC(C)c1ccccc1)c1ccc(Br)cc1. The summed E-state index contributed by atoms with van der Waals surface area (Å²) in [5.74, 6) is -0.366. The van der Waals surface area contributed by atoms with Gasteiger partial charge in [-0.2, -0.15) is 0 Å². The maximum atomic E-state index is 12.3. The number of rotatable bonds is 5. The first kappa shape index (κ1) is 17.2. The van der Waals surface area contributed by atoms with Crippen molar-refractivity contribution in [2.24, 2.45) is 0 Å². The van der Waals surface area contributed by atoms with Crippen molar-refractivity contribution >= 4 is 33.4 Å². The van der Waals surface area contributed by atoms with Gasteiger partial charge in [0.05, 0.1) is 6.04 Å². The molecular weight excluding hydrogens is 356 g/mol. The van der Waals surface area contributed by atoms with Crippen molar-refractivity contribution in [1.29, 1.82) is 0 Å². The Bertz CT molecular complexity index is 671. The van der Waals surface area contributed by atoms with Crippen molar-refractivity contribution in [3.05, 3.63) is 64.6 Å². The van der Waals surface area contributed by atoms with Crippen molar-refractivity contribution in [1.82, 2.24) is 5.32 Å². The van der Waals surface area contributed by atoms with Gasteiger partial charge < -0.3 is 10.2 Å². The van der Waals surface area contributed by atoms with Crippen LogP contribution in [0.2, 0.25) is 0 Å². The Morgan fingerprint density at radius 1 is 1.09 bits per heavy atom. The van der Waals surface area contributed by atoms with Gasteiger partial charge in [0.15, 0.2) is 0 Å². The molecule has 5 heteroatoms. The van der Waals surface area contributed by atoms with E-state index in [4.69, 9.17) is 0 Å². The van der Waals surface area contributed by atoms with Crippen LogP contribution in [0.25, 0.3) is 0 Å². The van der Waals surface area contributed by atoms with Gasteiger partial charge >= 0.3 is 0 Å². The van der Waals surface area contributed by atoms with Gasteiger partial charge in [0.25, 0.3) is 0 Å². The van der Waals surface area contributed by atoms with Crippen LogP contribution in [0.15, 0.2) is 59.1 Å². The highest BCUT2D eigenvalue weighted by atomic mass is 79.9. The number of nitrogens with zero attached hydrogens (tertiary/aromatic N) is 1. The largest absolute Gasteiger partial charge is 0.348 e. The summed E-state index contributed by atoms with van der Waals surface area (Å²) in [6, 6.07) is 16.9. The zero-order valence-corrected chi connectivity index (χ0v) is 14.7. The van der Waals surface area contributed by atoms with E-state index in [-0.39, 0.29) is 24.4 Å². The number of nitrogens with one attached hydrogen (secondary N) is 1. The fourth-order valence-electron chi connectivity index (χ4n) is 2.26. The van der Waals surface area contributed by atoms with E-state index >= 15 is 0 Å². The molecule has 0 aliphatic heterocycles. The molecule has 0 fully saturated rings. The average molecular weight is 375 g/mol. The van der Waals surface area contributed by atoms with Gasteiger partial charge in [-0.15, -0.1) is 0 Å². The van der Waals surface area contributed by atoms with Crippen LogP contribution in [0.4, 0.5) is 5.69 Å². The predicted octanol–water partition coefficient (Wildman–Crippen LogP) is 3.68. The van der Waals surface area contributed by atoms with Gasteiger partial charge in [0.2, 0.25) is 11.8 Å². The monoisotopic (exact) mass is 374 g/mol. The van der Waals surface area contributed by atoms with E-state index in [1.54, 1.807) is 12.1 Å². The van der Waals surface area contributed by atoms with Gasteiger partial charge in [0.1, 0.15) is 6.54 Å². The molecule has 1 atom stereocenters. The molecule has 0 bridgehead atoms. The fraction of sp³-hybridized carbons (Fsp3) is 0.222. The lowest BCUT2D eigenvalue weighted by molar-refractivity contribution is -0.123. The number of hydrogen-bond donors (Lipinski definition) is 1. The number of benzene rings is 2. The third-order valence-corrected chi connectivity index (χ3v) is 4.03. The van der Waals surface area contributed by atoms with Crippen molar-refractivity contribution in [3.63, 3.8) is 0 Å². The number of halogens is 1. The van der Waals surface area contributed by atoms with Crippen molar-refractivity contribution in [2.75, 3.05) is 11.4 Å². The number of anilines is 1. The number of carbonyl (C=O) groups excluding carboxylic acids is 2. The topological polar surface area (TPSA) is 49.4 Å². The summed E-state index contributed by atoms with van der Waals surface area (Å²) < 4.78 is 0.923. The van der Waals surface area contributed by atoms with E-state index in [2.05, 4.69) is 21.2 Å². The molecule has 2 aromatic carbocycles. The Kier molecular flexibility index (Phi) is 5.93. The van der Waals surface area contributed by atoms with Crippen LogP contribution in [-0.4, -0.2) is 18.4 Å². The summed E-state index contributed by atoms with van der Waals surface area (Å²) in [6.07, 6.45) is 0. The fourth-order valence-corrected chi connectivity index (χ4v) is 2.53. The second kappa shape index (κ2) is 7.92. The second-order valence-corrected chi connectivity index (χ2v) is 6.20. The lowest BCUT2D eigenvalue weighted by Crippen LogP contribution is -2.40. The molecule has 0 heterocycles. The van der Waals surface area contributed by atoms with E-state index in [0.29, 0.717) is 5.69 Å². The van der Waals surface area contributed by atoms with Gasteiger partial charge in [-0.25, -0.2) is 0 Å². The summed E-state index contributed by atoms with van der Waals surface area (Å²) >= 11 is 3.36. The molecule has 0 saturated heterocycles. The Morgan fingerprint density at radius 3 is 2.26 bits per heavy atom. The molecule has 1 N–H and O–H groups in total. The molecule has 0 aliphatic carbocycles. The van der Waals surface area contributed by atoms with Crippen LogP contribution < -0.4 is 10.2 Å². The molecule has 1 unspecified atom stereocenters. The van der Waals surface area contributed by atoms with Crippen LogP contribution >= 0.6 is 15.9 Å². The van der Waals surface area contributed by atoms with Crippen LogP contribution in [-0.2, 0) is 9.59 Å². The normalized spacial score (nSPS) is 11.6. The molecule has 23 heavy (non-hydrogen) atoms. The highest BCUT2D eigenvalue weighted by Gasteiger charge is 2.17. The van der Waals surface area contributed by atoms with E-state index in [1.807, 2.05) is 49.4 Å². The van der Waals surface area contributed by atoms with Gasteiger partial charge in [-0.05, 0) is 36.8 Å². The molecule has 2 aromatic rings. The maximum Gasteiger partial charge on any atom is 0.240 e. The van der Waals surface area contributed by atoms with Crippen molar-refractivity contribution in [2.45, 2.75) is 19.9 Å². The summed E-state index contributed by atoms with van der Waals surface area (Å²) in [4.78, 5) is 25.6. The summed E-state index contributed by atoms with van der Waals surface area (Å²) in [7, 11) is 0. The summed E-state index contributed by atoms with van der Waals surface area (Å²) in [5.41, 5.74) is 1.72. The average Bonchev–Trinajstić information content (AvgIpc) is 2.54. The number of hydrogen-bond acceptors (Lipinski definition) is 2. The molecule has 120 valence electrons. The maximum absolute atomic E-state index is 12.3. The Morgan fingerprint density at radius 2 is 1.70 bits per heavy atom. The minimum absolute atomic E-state index is 0.00581. The minimum atomic E-state index is -0.195. The van der Waals surface area contributed by atoms with Gasteiger partial charge in [0, 0.05) is 17.1 Å². The first-order valence-electron chi connectivity index (χ1n) is 7.35. The predicted molar refractivity (Wildman–Crippen MR) is 95.2 cm³/mol. The van der Waals surface area contributed by atoms with E-state index in [0.717, 1.165) is 10.0 Å². The van der Waals surface area contributed by atoms with Crippen LogP contribution in [0.3, 0.4) is 0 Å². The van der Waals surface area contributed by atoms with E-state index in [1.165, 1.54) is 11.8 Å². The zero-order chi connectivity index (χ0) is 16.8. The standard InChI is InChI=1S/C18H19BrN2O2/c1-13(15-6-4-3-5-7-15)20-18(23)12-21(14(2)22)17-10-8-16(19)9-11-17/h3-11,13H,12H2,1-2H3,(H,20,23). The van der Waals surface area contributed by atoms with E-state index in [9.17, 15) is 9.59 Å². The first-order valence-corrected chi connectivity index (χ1v) is 8.14. The van der Waals surface area contributed by atoms with Gasteiger partial charge in [-0.3, -0.25) is 9.59 Å². The second-order valence-electron chi connectivity index (χ2n) is 5.28. The van der Waals surface area contributed by atoms with Crippen molar-refractivity contribution < 1.29 is 9.59 Å². The molecule has 0 spiro atoms. The molecule has 4 nitrogen and oxygen atoms in total. The third-order valence-electron chi connectivity index (χ3n) is 3.50. The molecule has 0 radical (unpaired) electrons. The lowest BCUT2D eigenvalue weighted by Gasteiger charge is -2.22. The first-order chi connectivity index (χ1) is 11.0. The zero-order valence-electron chi connectivity index (χ0n) is 13.1. The van der Waals surface area contributed by atoms with E-state index < -0.39 is 0 Å². The Hall–Kier alpha value is -2.14. The Balaban J connectivity index is 2.04. The quantitative estimate of drug-likeness (QED) is 0.867. The van der Waals surface area contributed by atoms with Gasteiger partial charge in [-0.1, -0.05) is 46.3 Å². The number of amides is 2. The minimum Gasteiger partial charge on any atom is -0.348 e. The third kappa shape index (κ3) is 4.93. The molecule has 2 rings (SSSR count).